The molecule has 1 atom stereocenters. The van der Waals surface area contributed by atoms with Crippen molar-refractivity contribution < 1.29 is 19.1 Å². The number of benzene rings is 1. The van der Waals surface area contributed by atoms with E-state index >= 15 is 0 Å². The predicted octanol–water partition coefficient (Wildman–Crippen LogP) is 4.28. The minimum Gasteiger partial charge on any atom is -0.497 e. The van der Waals surface area contributed by atoms with Crippen molar-refractivity contribution in [2.75, 3.05) is 13.7 Å². The monoisotopic (exact) mass is 376 g/mol. The quantitative estimate of drug-likeness (QED) is 0.748. The summed E-state index contributed by atoms with van der Waals surface area (Å²) in [6, 6.07) is 5.02. The predicted molar refractivity (Wildman–Crippen MR) is 101 cm³/mol. The average Bonchev–Trinajstić information content (AvgIpc) is 3.02. The number of carbonyl (C=O) groups is 2. The number of amides is 1. The summed E-state index contributed by atoms with van der Waals surface area (Å²) in [6.45, 7) is 6.01. The Morgan fingerprint density at radius 2 is 2.04 bits per heavy atom. The zero-order valence-electron chi connectivity index (χ0n) is 15.6. The first kappa shape index (κ1) is 18.6. The van der Waals surface area contributed by atoms with Crippen LogP contribution in [0.4, 0.5) is 4.79 Å². The van der Waals surface area contributed by atoms with Crippen molar-refractivity contribution in [2.45, 2.75) is 51.7 Å². The van der Waals surface area contributed by atoms with E-state index in [1.165, 1.54) is 11.3 Å². The van der Waals surface area contributed by atoms with Gasteiger partial charge in [-0.15, -0.1) is 11.3 Å². The van der Waals surface area contributed by atoms with E-state index in [4.69, 9.17) is 9.47 Å². The van der Waals surface area contributed by atoms with Gasteiger partial charge >= 0.3 is 6.09 Å². The summed E-state index contributed by atoms with van der Waals surface area (Å²) >= 11 is 1.34. The molecule has 0 bridgehead atoms. The van der Waals surface area contributed by atoms with E-state index in [-0.39, 0.29) is 5.78 Å². The van der Waals surface area contributed by atoms with Gasteiger partial charge in [-0.3, -0.25) is 9.69 Å². The van der Waals surface area contributed by atoms with E-state index in [2.05, 4.69) is 4.98 Å². The van der Waals surface area contributed by atoms with E-state index < -0.39 is 17.7 Å². The number of hydrogen-bond acceptors (Lipinski definition) is 6. The first-order valence-corrected chi connectivity index (χ1v) is 9.58. The first-order chi connectivity index (χ1) is 12.3. The standard InChI is InChI=1S/C19H24N2O4S/c1-19(2,3)25-18(23)21-10-6-5-7-14(21)16(22)17-20-13-9-8-12(24-4)11-15(13)26-17/h8-9,11,14H,5-7,10H2,1-4H3. The number of rotatable bonds is 3. The zero-order chi connectivity index (χ0) is 18.9. The summed E-state index contributed by atoms with van der Waals surface area (Å²) in [5.74, 6) is 0.615. The third-order valence-electron chi connectivity index (χ3n) is 4.24. The summed E-state index contributed by atoms with van der Waals surface area (Å²) in [5, 5.41) is 0.425. The molecule has 2 aromatic rings. The van der Waals surface area contributed by atoms with Crippen LogP contribution < -0.4 is 4.74 Å². The van der Waals surface area contributed by atoms with E-state index in [1.54, 1.807) is 12.0 Å². The van der Waals surface area contributed by atoms with Gasteiger partial charge in [0.1, 0.15) is 17.4 Å². The Balaban J connectivity index is 1.85. The zero-order valence-corrected chi connectivity index (χ0v) is 16.4. The summed E-state index contributed by atoms with van der Waals surface area (Å²) in [4.78, 5) is 31.6. The largest absolute Gasteiger partial charge is 0.497 e. The van der Waals surface area contributed by atoms with Gasteiger partial charge in [0.15, 0.2) is 5.01 Å². The van der Waals surface area contributed by atoms with Crippen LogP contribution >= 0.6 is 11.3 Å². The molecule has 1 saturated heterocycles. The summed E-state index contributed by atoms with van der Waals surface area (Å²) in [5.41, 5.74) is 0.174. The van der Waals surface area contributed by atoms with Gasteiger partial charge < -0.3 is 9.47 Å². The van der Waals surface area contributed by atoms with Gasteiger partial charge in [0.05, 0.1) is 17.3 Å². The molecule has 0 aliphatic carbocycles. The number of hydrogen-bond donors (Lipinski definition) is 0. The fraction of sp³-hybridized carbons (Fsp3) is 0.526. The van der Waals surface area contributed by atoms with Crippen LogP contribution in [0, 0.1) is 0 Å². The van der Waals surface area contributed by atoms with Crippen LogP contribution in [0.1, 0.15) is 49.8 Å². The lowest BCUT2D eigenvalue weighted by atomic mass is 9.99. The van der Waals surface area contributed by atoms with Crippen molar-refractivity contribution in [2.24, 2.45) is 0 Å². The highest BCUT2D eigenvalue weighted by Crippen LogP contribution is 2.29. The fourth-order valence-electron chi connectivity index (χ4n) is 3.02. The van der Waals surface area contributed by atoms with Crippen molar-refractivity contribution in [3.05, 3.63) is 23.2 Å². The molecular formula is C19H24N2O4S. The van der Waals surface area contributed by atoms with Crippen molar-refractivity contribution in [1.82, 2.24) is 9.88 Å². The molecule has 0 spiro atoms. The van der Waals surface area contributed by atoms with Crippen LogP contribution in [-0.4, -0.2) is 47.1 Å². The lowest BCUT2D eigenvalue weighted by Crippen LogP contribution is -2.49. The Bertz CT molecular complexity index is 825. The number of thiazole rings is 1. The Hall–Kier alpha value is -2.15. The molecule has 1 aliphatic rings. The summed E-state index contributed by atoms with van der Waals surface area (Å²) < 4.78 is 11.6. The second-order valence-electron chi connectivity index (χ2n) is 7.40. The van der Waals surface area contributed by atoms with Gasteiger partial charge in [0.25, 0.3) is 0 Å². The average molecular weight is 376 g/mol. The highest BCUT2D eigenvalue weighted by Gasteiger charge is 2.36. The van der Waals surface area contributed by atoms with Crippen LogP contribution in [-0.2, 0) is 4.74 Å². The molecule has 0 saturated carbocycles. The van der Waals surface area contributed by atoms with Gasteiger partial charge in [-0.2, -0.15) is 0 Å². The lowest BCUT2D eigenvalue weighted by Gasteiger charge is -2.35. The number of ketones is 1. The summed E-state index contributed by atoms with van der Waals surface area (Å²) in [7, 11) is 1.61. The van der Waals surface area contributed by atoms with Gasteiger partial charge in [-0.25, -0.2) is 9.78 Å². The highest BCUT2D eigenvalue weighted by molar-refractivity contribution is 7.20. The molecule has 1 unspecified atom stereocenters. The molecule has 7 heteroatoms. The topological polar surface area (TPSA) is 68.7 Å². The maximum atomic E-state index is 13.1. The van der Waals surface area contributed by atoms with Crippen LogP contribution in [0.3, 0.4) is 0 Å². The number of likely N-dealkylation sites (tertiary alicyclic amines) is 1. The number of carbonyl (C=O) groups excluding carboxylic acids is 2. The number of piperidine rings is 1. The highest BCUT2D eigenvalue weighted by atomic mass is 32.1. The number of methoxy groups -OCH3 is 1. The van der Waals surface area contributed by atoms with Crippen LogP contribution in [0.25, 0.3) is 10.2 Å². The molecule has 26 heavy (non-hydrogen) atoms. The molecule has 0 radical (unpaired) electrons. The second-order valence-corrected chi connectivity index (χ2v) is 8.43. The number of ether oxygens (including phenoxy) is 2. The number of Topliss-reactive ketones (excluding diaryl/α,β-unsaturated/α-hetero) is 1. The first-order valence-electron chi connectivity index (χ1n) is 8.77. The lowest BCUT2D eigenvalue weighted by molar-refractivity contribution is 0.0105. The molecular weight excluding hydrogens is 352 g/mol. The van der Waals surface area contributed by atoms with Crippen molar-refractivity contribution in [1.29, 1.82) is 0 Å². The Morgan fingerprint density at radius 1 is 1.27 bits per heavy atom. The normalized spacial score (nSPS) is 18.0. The van der Waals surface area contributed by atoms with Gasteiger partial charge in [-0.05, 0) is 58.2 Å². The number of nitrogens with zero attached hydrogens (tertiary/aromatic N) is 2. The molecule has 1 aromatic carbocycles. The van der Waals surface area contributed by atoms with Crippen molar-refractivity contribution in [3.63, 3.8) is 0 Å². The van der Waals surface area contributed by atoms with Gasteiger partial charge in [0.2, 0.25) is 5.78 Å². The van der Waals surface area contributed by atoms with E-state index in [9.17, 15) is 9.59 Å². The third kappa shape index (κ3) is 3.98. The minimum atomic E-state index is -0.589. The maximum absolute atomic E-state index is 13.1. The van der Waals surface area contributed by atoms with E-state index in [1.807, 2.05) is 39.0 Å². The SMILES string of the molecule is COc1ccc2nc(C(=O)C3CCCCN3C(=O)OC(C)(C)C)sc2c1. The molecule has 3 rings (SSSR count). The molecule has 1 amide bonds. The van der Waals surface area contributed by atoms with Gasteiger partial charge in [-0.1, -0.05) is 0 Å². The van der Waals surface area contributed by atoms with Crippen molar-refractivity contribution >= 4 is 33.4 Å². The maximum Gasteiger partial charge on any atom is 0.410 e. The van der Waals surface area contributed by atoms with Crippen LogP contribution in [0.2, 0.25) is 0 Å². The number of fused-ring (bicyclic) bond motifs is 1. The fourth-order valence-corrected chi connectivity index (χ4v) is 4.01. The van der Waals surface area contributed by atoms with Gasteiger partial charge in [0, 0.05) is 6.54 Å². The second kappa shape index (κ2) is 7.23. The summed E-state index contributed by atoms with van der Waals surface area (Å²) in [6.07, 6.45) is 1.99. The Morgan fingerprint density at radius 3 is 2.73 bits per heavy atom. The molecule has 1 aromatic heterocycles. The smallest absolute Gasteiger partial charge is 0.410 e. The van der Waals surface area contributed by atoms with Crippen molar-refractivity contribution in [3.8, 4) is 5.75 Å². The molecule has 2 heterocycles. The molecule has 140 valence electrons. The number of aromatic nitrogens is 1. The van der Waals surface area contributed by atoms with Crippen LogP contribution in [0.5, 0.6) is 5.75 Å². The molecule has 1 fully saturated rings. The van der Waals surface area contributed by atoms with Crippen LogP contribution in [0.15, 0.2) is 18.2 Å². The molecule has 0 N–H and O–H groups in total. The Labute approximate surface area is 157 Å². The van der Waals surface area contributed by atoms with E-state index in [0.717, 1.165) is 28.8 Å². The third-order valence-corrected chi connectivity index (χ3v) is 5.27. The Kier molecular flexibility index (Phi) is 5.18. The minimum absolute atomic E-state index is 0.115. The molecule has 6 nitrogen and oxygen atoms in total. The van der Waals surface area contributed by atoms with E-state index in [0.29, 0.717) is 18.0 Å². The molecule has 1 aliphatic heterocycles.